The lowest BCUT2D eigenvalue weighted by Crippen LogP contribution is -2.32. The van der Waals surface area contributed by atoms with Crippen LogP contribution in [0.15, 0.2) is 24.3 Å². The normalized spacial score (nSPS) is 20.1. The summed E-state index contributed by atoms with van der Waals surface area (Å²) in [5.41, 5.74) is 1.21. The van der Waals surface area contributed by atoms with Crippen molar-refractivity contribution in [3.05, 3.63) is 29.8 Å². The van der Waals surface area contributed by atoms with Gasteiger partial charge in [0, 0.05) is 25.6 Å². The summed E-state index contributed by atoms with van der Waals surface area (Å²) in [6.07, 6.45) is 2.68. The molecule has 0 bridgehead atoms. The Labute approximate surface area is 108 Å². The summed E-state index contributed by atoms with van der Waals surface area (Å²) in [6, 6.07) is 8.29. The van der Waals surface area contributed by atoms with Crippen LogP contribution in [0.4, 0.5) is 0 Å². The molecule has 0 aromatic heterocycles. The van der Waals surface area contributed by atoms with E-state index >= 15 is 0 Å². The number of carbonyl (C=O) groups excluding carboxylic acids is 1. The van der Waals surface area contributed by atoms with Crippen molar-refractivity contribution in [2.45, 2.75) is 31.8 Å². The molecule has 1 aliphatic heterocycles. The Hall–Kier alpha value is -1.55. The maximum absolute atomic E-state index is 11.4. The molecule has 1 aromatic carbocycles. The number of carbonyl (C=O) groups is 1. The summed E-state index contributed by atoms with van der Waals surface area (Å²) >= 11 is 0. The Balaban J connectivity index is 1.84. The van der Waals surface area contributed by atoms with Crippen LogP contribution in [0.5, 0.6) is 5.75 Å². The molecule has 1 amide bonds. The van der Waals surface area contributed by atoms with Gasteiger partial charge in [-0.05, 0) is 30.5 Å². The Kier molecular flexibility index (Phi) is 4.59. The van der Waals surface area contributed by atoms with E-state index in [4.69, 9.17) is 4.74 Å². The number of hydrogen-bond acceptors (Lipinski definition) is 3. The molecule has 1 heterocycles. The van der Waals surface area contributed by atoms with Crippen LogP contribution in [0.3, 0.4) is 0 Å². The van der Waals surface area contributed by atoms with E-state index in [9.17, 15) is 4.79 Å². The van der Waals surface area contributed by atoms with Crippen molar-refractivity contribution in [3.8, 4) is 5.75 Å². The highest BCUT2D eigenvalue weighted by Gasteiger charge is 2.16. The molecule has 1 fully saturated rings. The first-order chi connectivity index (χ1) is 8.78. The maximum atomic E-state index is 11.4. The number of amides is 1. The summed E-state index contributed by atoms with van der Waals surface area (Å²) in [7, 11) is 1.66. The smallest absolute Gasteiger partial charge is 0.221 e. The van der Waals surface area contributed by atoms with Gasteiger partial charge < -0.3 is 15.4 Å². The van der Waals surface area contributed by atoms with Crippen molar-refractivity contribution in [1.29, 1.82) is 0 Å². The standard InChI is InChI=1S/C14H20N2O2/c1-18-13-6-4-11(5-7-13)10-16-12-3-2-8-15-14(17)9-12/h4-7,12,16H,2-3,8-10H2,1H3,(H,15,17)/t12-/m0/s1. The first-order valence-corrected chi connectivity index (χ1v) is 6.41. The molecule has 1 saturated heterocycles. The van der Waals surface area contributed by atoms with Crippen molar-refractivity contribution >= 4 is 5.91 Å². The second-order valence-corrected chi connectivity index (χ2v) is 4.62. The van der Waals surface area contributed by atoms with E-state index in [1.54, 1.807) is 7.11 Å². The third kappa shape index (κ3) is 3.74. The molecular formula is C14H20N2O2. The highest BCUT2D eigenvalue weighted by molar-refractivity contribution is 5.76. The number of rotatable bonds is 4. The van der Waals surface area contributed by atoms with E-state index in [0.717, 1.165) is 31.7 Å². The summed E-state index contributed by atoms with van der Waals surface area (Å²) in [4.78, 5) is 11.4. The van der Waals surface area contributed by atoms with Gasteiger partial charge in [0.2, 0.25) is 5.91 Å². The minimum absolute atomic E-state index is 0.153. The molecule has 4 nitrogen and oxygen atoms in total. The van der Waals surface area contributed by atoms with Crippen LogP contribution in [0.2, 0.25) is 0 Å². The van der Waals surface area contributed by atoms with E-state index in [2.05, 4.69) is 10.6 Å². The van der Waals surface area contributed by atoms with Gasteiger partial charge in [-0.1, -0.05) is 12.1 Å². The van der Waals surface area contributed by atoms with Crippen LogP contribution < -0.4 is 15.4 Å². The van der Waals surface area contributed by atoms with Crippen LogP contribution in [-0.2, 0) is 11.3 Å². The first-order valence-electron chi connectivity index (χ1n) is 6.41. The van der Waals surface area contributed by atoms with Gasteiger partial charge in [-0.3, -0.25) is 4.79 Å². The lowest BCUT2D eigenvalue weighted by molar-refractivity contribution is -0.121. The lowest BCUT2D eigenvalue weighted by atomic mass is 10.1. The van der Waals surface area contributed by atoms with E-state index in [0.29, 0.717) is 6.42 Å². The van der Waals surface area contributed by atoms with Gasteiger partial charge in [0.25, 0.3) is 0 Å². The summed E-state index contributed by atoms with van der Waals surface area (Å²) in [5, 5.41) is 6.34. The van der Waals surface area contributed by atoms with Gasteiger partial charge in [0.1, 0.15) is 5.75 Å². The summed E-state index contributed by atoms with van der Waals surface area (Å²) in [5.74, 6) is 1.02. The molecule has 2 rings (SSSR count). The van der Waals surface area contributed by atoms with E-state index < -0.39 is 0 Å². The average Bonchev–Trinajstić information content (AvgIpc) is 2.61. The second-order valence-electron chi connectivity index (χ2n) is 4.62. The molecule has 0 saturated carbocycles. The fraction of sp³-hybridized carbons (Fsp3) is 0.500. The zero-order valence-electron chi connectivity index (χ0n) is 10.7. The molecule has 2 N–H and O–H groups in total. The predicted molar refractivity (Wildman–Crippen MR) is 70.5 cm³/mol. The Morgan fingerprint density at radius 3 is 2.89 bits per heavy atom. The van der Waals surface area contributed by atoms with Gasteiger partial charge in [-0.15, -0.1) is 0 Å². The average molecular weight is 248 g/mol. The van der Waals surface area contributed by atoms with E-state index in [1.807, 2.05) is 24.3 Å². The predicted octanol–water partition coefficient (Wildman–Crippen LogP) is 1.45. The lowest BCUT2D eigenvalue weighted by Gasteiger charge is -2.15. The highest BCUT2D eigenvalue weighted by atomic mass is 16.5. The number of methoxy groups -OCH3 is 1. The minimum Gasteiger partial charge on any atom is -0.497 e. The van der Waals surface area contributed by atoms with Crippen molar-refractivity contribution in [2.24, 2.45) is 0 Å². The first kappa shape index (κ1) is 12.9. The highest BCUT2D eigenvalue weighted by Crippen LogP contribution is 2.12. The van der Waals surface area contributed by atoms with Gasteiger partial charge in [0.15, 0.2) is 0 Å². The molecule has 98 valence electrons. The zero-order valence-corrected chi connectivity index (χ0v) is 10.7. The quantitative estimate of drug-likeness (QED) is 0.848. The van der Waals surface area contributed by atoms with E-state index in [-0.39, 0.29) is 11.9 Å². The summed E-state index contributed by atoms with van der Waals surface area (Å²) in [6.45, 7) is 1.60. The fourth-order valence-electron chi connectivity index (χ4n) is 2.15. The molecule has 1 aliphatic rings. The van der Waals surface area contributed by atoms with Crippen molar-refractivity contribution < 1.29 is 9.53 Å². The topological polar surface area (TPSA) is 50.4 Å². The van der Waals surface area contributed by atoms with Crippen LogP contribution in [0.25, 0.3) is 0 Å². The number of nitrogens with one attached hydrogen (secondary N) is 2. The van der Waals surface area contributed by atoms with Crippen LogP contribution in [-0.4, -0.2) is 25.6 Å². The van der Waals surface area contributed by atoms with Crippen LogP contribution >= 0.6 is 0 Å². The molecule has 0 spiro atoms. The number of hydrogen-bond donors (Lipinski definition) is 2. The molecule has 4 heteroatoms. The Morgan fingerprint density at radius 1 is 1.39 bits per heavy atom. The van der Waals surface area contributed by atoms with Gasteiger partial charge in [0.05, 0.1) is 7.11 Å². The largest absolute Gasteiger partial charge is 0.497 e. The zero-order chi connectivity index (χ0) is 12.8. The molecule has 0 aliphatic carbocycles. The second kappa shape index (κ2) is 6.40. The van der Waals surface area contributed by atoms with Gasteiger partial charge in [-0.2, -0.15) is 0 Å². The molecule has 0 unspecified atom stereocenters. The molecule has 1 atom stereocenters. The van der Waals surface area contributed by atoms with Gasteiger partial charge >= 0.3 is 0 Å². The summed E-state index contributed by atoms with van der Waals surface area (Å²) < 4.78 is 5.12. The fourth-order valence-corrected chi connectivity index (χ4v) is 2.15. The number of benzene rings is 1. The molecular weight excluding hydrogens is 228 g/mol. The third-order valence-electron chi connectivity index (χ3n) is 3.24. The van der Waals surface area contributed by atoms with Crippen molar-refractivity contribution in [1.82, 2.24) is 10.6 Å². The monoisotopic (exact) mass is 248 g/mol. The number of ether oxygens (including phenoxy) is 1. The Bertz CT molecular complexity index is 389. The SMILES string of the molecule is COc1ccc(CN[C@H]2CCCNC(=O)C2)cc1. The van der Waals surface area contributed by atoms with Crippen molar-refractivity contribution in [2.75, 3.05) is 13.7 Å². The van der Waals surface area contributed by atoms with Gasteiger partial charge in [-0.25, -0.2) is 0 Å². The Morgan fingerprint density at radius 2 is 2.17 bits per heavy atom. The van der Waals surface area contributed by atoms with Crippen LogP contribution in [0.1, 0.15) is 24.8 Å². The molecule has 0 radical (unpaired) electrons. The van der Waals surface area contributed by atoms with Crippen LogP contribution in [0, 0.1) is 0 Å². The molecule has 1 aromatic rings. The van der Waals surface area contributed by atoms with Crippen molar-refractivity contribution in [3.63, 3.8) is 0 Å². The third-order valence-corrected chi connectivity index (χ3v) is 3.24. The van der Waals surface area contributed by atoms with E-state index in [1.165, 1.54) is 5.56 Å². The minimum atomic E-state index is 0.153. The molecule has 18 heavy (non-hydrogen) atoms. The maximum Gasteiger partial charge on any atom is 0.221 e.